The summed E-state index contributed by atoms with van der Waals surface area (Å²) in [4.78, 5) is 53.0. The van der Waals surface area contributed by atoms with Gasteiger partial charge in [-0.3, -0.25) is 14.4 Å². The Labute approximate surface area is 231 Å². The van der Waals surface area contributed by atoms with Crippen LogP contribution in [0.25, 0.3) is 10.9 Å². The summed E-state index contributed by atoms with van der Waals surface area (Å²) >= 11 is 0. The number of anilines is 1. The van der Waals surface area contributed by atoms with Crippen LogP contribution in [0.15, 0.2) is 53.5 Å². The number of nitrogens with zero attached hydrogens (tertiary/aromatic N) is 2. The number of rotatable bonds is 11. The second-order valence-corrected chi connectivity index (χ2v) is 9.50. The fraction of sp³-hybridized carbons (Fsp3) is 0.333. The Morgan fingerprint density at radius 1 is 1.20 bits per heavy atom. The molecule has 1 atom stereocenters. The van der Waals surface area contributed by atoms with Crippen molar-refractivity contribution in [3.05, 3.63) is 76.1 Å². The Kier molecular flexibility index (Phi) is 9.92. The number of fused-ring (bicyclic) bond motifs is 1. The van der Waals surface area contributed by atoms with Gasteiger partial charge in [-0.2, -0.15) is 13.2 Å². The van der Waals surface area contributed by atoms with E-state index in [9.17, 15) is 36.7 Å². The standard InChI is InChI=1S/C27H29F4N5O5/c1-35(2)22(37)8-4-3-6-20(34-26(40)41)24(38)33-21-7-5-11-36(25(21)39)15-19-14-17-13-18(28)12-16(23(17)32-19)9-10-27(29,30)31/h4-5,7-8,11-14,20,32,34H,3,6,9-10,15H2,1-2H3,(H,33,38)(H,40,41). The largest absolute Gasteiger partial charge is 0.465 e. The van der Waals surface area contributed by atoms with Crippen LogP contribution in [-0.4, -0.2) is 63.8 Å². The van der Waals surface area contributed by atoms with Gasteiger partial charge in [-0.05, 0) is 61.2 Å². The van der Waals surface area contributed by atoms with Crippen molar-refractivity contribution in [1.29, 1.82) is 0 Å². The molecule has 41 heavy (non-hydrogen) atoms. The highest BCUT2D eigenvalue weighted by Crippen LogP contribution is 2.27. The van der Waals surface area contributed by atoms with E-state index in [1.807, 2.05) is 0 Å². The predicted molar refractivity (Wildman–Crippen MR) is 143 cm³/mol. The number of carbonyl (C=O) groups is 3. The third-order valence-corrected chi connectivity index (χ3v) is 6.06. The van der Waals surface area contributed by atoms with Gasteiger partial charge in [0, 0.05) is 43.3 Å². The van der Waals surface area contributed by atoms with E-state index < -0.39 is 48.4 Å². The molecular formula is C27H29F4N5O5. The zero-order valence-electron chi connectivity index (χ0n) is 22.2. The van der Waals surface area contributed by atoms with E-state index in [0.717, 1.165) is 6.07 Å². The highest BCUT2D eigenvalue weighted by atomic mass is 19.4. The minimum absolute atomic E-state index is 0.0126. The van der Waals surface area contributed by atoms with Crippen LogP contribution in [0.5, 0.6) is 0 Å². The van der Waals surface area contributed by atoms with Crippen molar-refractivity contribution in [2.75, 3.05) is 19.4 Å². The number of aromatic nitrogens is 2. The average Bonchev–Trinajstić information content (AvgIpc) is 3.28. The van der Waals surface area contributed by atoms with Gasteiger partial charge >= 0.3 is 12.3 Å². The summed E-state index contributed by atoms with van der Waals surface area (Å²) in [7, 11) is 3.13. The van der Waals surface area contributed by atoms with Gasteiger partial charge in [-0.1, -0.05) is 6.08 Å². The highest BCUT2D eigenvalue weighted by molar-refractivity contribution is 5.96. The first-order valence-electron chi connectivity index (χ1n) is 12.5. The number of nitrogens with one attached hydrogen (secondary N) is 3. The molecule has 3 aromatic rings. The van der Waals surface area contributed by atoms with E-state index in [4.69, 9.17) is 5.11 Å². The molecule has 10 nitrogen and oxygen atoms in total. The zero-order chi connectivity index (χ0) is 30.3. The molecule has 4 N–H and O–H groups in total. The number of alkyl halides is 3. The minimum Gasteiger partial charge on any atom is -0.465 e. The number of benzene rings is 1. The normalized spacial score (nSPS) is 12.4. The predicted octanol–water partition coefficient (Wildman–Crippen LogP) is 4.01. The second kappa shape index (κ2) is 13.2. The van der Waals surface area contributed by atoms with Crippen LogP contribution < -0.4 is 16.2 Å². The molecule has 1 unspecified atom stereocenters. The van der Waals surface area contributed by atoms with Gasteiger partial charge in [0.25, 0.3) is 5.56 Å². The molecule has 0 spiro atoms. The van der Waals surface area contributed by atoms with E-state index >= 15 is 0 Å². The van der Waals surface area contributed by atoms with Gasteiger partial charge in [-0.25, -0.2) is 9.18 Å². The Bertz CT molecular complexity index is 1510. The number of likely N-dealkylation sites (N-methyl/N-ethyl adjacent to an activating group) is 1. The van der Waals surface area contributed by atoms with E-state index in [-0.39, 0.29) is 36.5 Å². The first kappa shape index (κ1) is 30.9. The van der Waals surface area contributed by atoms with Crippen molar-refractivity contribution in [3.63, 3.8) is 0 Å². The molecule has 14 heteroatoms. The Morgan fingerprint density at radius 3 is 2.59 bits per heavy atom. The fourth-order valence-corrected chi connectivity index (χ4v) is 4.07. The molecule has 0 radical (unpaired) electrons. The lowest BCUT2D eigenvalue weighted by Gasteiger charge is -2.16. The molecule has 2 heterocycles. The molecule has 0 saturated heterocycles. The molecule has 3 amide bonds. The Morgan fingerprint density at radius 2 is 1.93 bits per heavy atom. The van der Waals surface area contributed by atoms with Crippen LogP contribution in [0, 0.1) is 5.82 Å². The quantitative estimate of drug-likeness (QED) is 0.201. The number of pyridine rings is 1. The molecule has 0 aliphatic rings. The summed E-state index contributed by atoms with van der Waals surface area (Å²) in [6, 6.07) is 5.32. The van der Waals surface area contributed by atoms with E-state index in [2.05, 4.69) is 15.6 Å². The number of aromatic amines is 1. The number of amides is 3. The van der Waals surface area contributed by atoms with Crippen molar-refractivity contribution >= 4 is 34.5 Å². The average molecular weight is 580 g/mol. The number of carboxylic acid groups (broad SMARTS) is 1. The monoisotopic (exact) mass is 579 g/mol. The number of hydrogen-bond acceptors (Lipinski definition) is 4. The van der Waals surface area contributed by atoms with Crippen LogP contribution in [0.4, 0.5) is 28.0 Å². The topological polar surface area (TPSA) is 137 Å². The van der Waals surface area contributed by atoms with Gasteiger partial charge in [0.2, 0.25) is 11.8 Å². The van der Waals surface area contributed by atoms with Crippen molar-refractivity contribution < 1.29 is 37.1 Å². The maximum Gasteiger partial charge on any atom is 0.405 e. The van der Waals surface area contributed by atoms with Gasteiger partial charge in [-0.15, -0.1) is 0 Å². The molecule has 0 bridgehead atoms. The maximum atomic E-state index is 14.0. The lowest BCUT2D eigenvalue weighted by Crippen LogP contribution is -2.44. The van der Waals surface area contributed by atoms with Gasteiger partial charge in [0.15, 0.2) is 0 Å². The molecule has 1 aromatic carbocycles. The van der Waals surface area contributed by atoms with Crippen molar-refractivity contribution in [3.8, 4) is 0 Å². The fourth-order valence-electron chi connectivity index (χ4n) is 4.07. The third-order valence-electron chi connectivity index (χ3n) is 6.06. The Balaban J connectivity index is 1.77. The molecule has 220 valence electrons. The number of hydrogen-bond donors (Lipinski definition) is 4. The van der Waals surface area contributed by atoms with Crippen molar-refractivity contribution in [2.24, 2.45) is 0 Å². The summed E-state index contributed by atoms with van der Waals surface area (Å²) in [5.41, 5.74) is 0.116. The van der Waals surface area contributed by atoms with Crippen LogP contribution >= 0.6 is 0 Å². The van der Waals surface area contributed by atoms with E-state index in [1.54, 1.807) is 14.1 Å². The summed E-state index contributed by atoms with van der Waals surface area (Å²) in [5.74, 6) is -1.75. The SMILES string of the molecule is CN(C)C(=O)C=CCCC(NC(=O)O)C(=O)Nc1cccn(Cc2cc3cc(F)cc(CCC(F)(F)F)c3[nH]2)c1=O. The van der Waals surface area contributed by atoms with Crippen LogP contribution in [-0.2, 0) is 22.6 Å². The third kappa shape index (κ3) is 8.95. The van der Waals surface area contributed by atoms with Crippen LogP contribution in [0.1, 0.15) is 30.5 Å². The molecule has 2 aromatic heterocycles. The zero-order valence-corrected chi connectivity index (χ0v) is 22.2. The Hall–Kier alpha value is -4.62. The lowest BCUT2D eigenvalue weighted by molar-refractivity contribution is -0.134. The lowest BCUT2D eigenvalue weighted by atomic mass is 10.1. The number of allylic oxidation sites excluding steroid dienone is 1. The maximum absolute atomic E-state index is 14.0. The molecule has 0 aliphatic carbocycles. The summed E-state index contributed by atoms with van der Waals surface area (Å²) in [6.45, 7) is -0.0704. The van der Waals surface area contributed by atoms with E-state index in [1.165, 1.54) is 52.1 Å². The van der Waals surface area contributed by atoms with Gasteiger partial charge in [0.05, 0.1) is 6.54 Å². The first-order valence-corrected chi connectivity index (χ1v) is 12.5. The van der Waals surface area contributed by atoms with Crippen molar-refractivity contribution in [2.45, 2.75) is 44.4 Å². The highest BCUT2D eigenvalue weighted by Gasteiger charge is 2.27. The molecular weight excluding hydrogens is 550 g/mol. The smallest absolute Gasteiger partial charge is 0.405 e. The van der Waals surface area contributed by atoms with E-state index in [0.29, 0.717) is 16.6 Å². The summed E-state index contributed by atoms with van der Waals surface area (Å²) in [5, 5.41) is 14.0. The van der Waals surface area contributed by atoms with Gasteiger partial charge in [0.1, 0.15) is 17.5 Å². The molecule has 0 fully saturated rings. The minimum atomic E-state index is -4.41. The number of carbonyl (C=O) groups excluding carboxylic acids is 2. The van der Waals surface area contributed by atoms with Gasteiger partial charge < -0.3 is 30.2 Å². The van der Waals surface area contributed by atoms with Crippen LogP contribution in [0.2, 0.25) is 0 Å². The molecule has 0 saturated carbocycles. The summed E-state index contributed by atoms with van der Waals surface area (Å²) in [6.07, 6.45) is -2.97. The molecule has 3 rings (SSSR count). The van der Waals surface area contributed by atoms with Crippen LogP contribution in [0.3, 0.4) is 0 Å². The number of H-pyrrole nitrogens is 1. The number of aryl methyl sites for hydroxylation is 1. The molecule has 0 aliphatic heterocycles. The van der Waals surface area contributed by atoms with Crippen molar-refractivity contribution in [1.82, 2.24) is 19.8 Å². The summed E-state index contributed by atoms with van der Waals surface area (Å²) < 4.78 is 53.5. The number of halogens is 4. The first-order chi connectivity index (χ1) is 19.2. The second-order valence-electron chi connectivity index (χ2n) is 9.50.